The second-order valence-corrected chi connectivity index (χ2v) is 5.28. The molecule has 11 heteroatoms. The van der Waals surface area contributed by atoms with Gasteiger partial charge in [-0.2, -0.15) is 4.98 Å². The molecule has 1 atom stereocenters. The molecule has 11 nitrogen and oxygen atoms in total. The number of aromatic amines is 1. The Labute approximate surface area is 141 Å². The van der Waals surface area contributed by atoms with Gasteiger partial charge < -0.3 is 5.32 Å². The number of aromatic nitrogens is 9. The van der Waals surface area contributed by atoms with Crippen LogP contribution < -0.4 is 5.32 Å². The van der Waals surface area contributed by atoms with E-state index in [4.69, 9.17) is 0 Å². The van der Waals surface area contributed by atoms with E-state index in [0.29, 0.717) is 18.1 Å². The van der Waals surface area contributed by atoms with Crippen molar-refractivity contribution in [1.82, 2.24) is 49.6 Å². The lowest BCUT2D eigenvalue weighted by atomic mass is 10.1. The first-order valence-electron chi connectivity index (χ1n) is 7.62. The van der Waals surface area contributed by atoms with Crippen LogP contribution in [0.5, 0.6) is 0 Å². The van der Waals surface area contributed by atoms with E-state index in [9.17, 15) is 4.79 Å². The van der Waals surface area contributed by atoms with Crippen molar-refractivity contribution in [1.29, 1.82) is 0 Å². The Morgan fingerprint density at radius 3 is 2.92 bits per heavy atom. The van der Waals surface area contributed by atoms with Crippen molar-refractivity contribution in [2.45, 2.75) is 19.4 Å². The zero-order chi connectivity index (χ0) is 17.2. The summed E-state index contributed by atoms with van der Waals surface area (Å²) in [7, 11) is 0. The van der Waals surface area contributed by atoms with E-state index >= 15 is 0 Å². The molecule has 4 rings (SSSR count). The van der Waals surface area contributed by atoms with Crippen LogP contribution in [0.3, 0.4) is 0 Å². The van der Waals surface area contributed by atoms with Crippen molar-refractivity contribution >= 4 is 11.7 Å². The summed E-state index contributed by atoms with van der Waals surface area (Å²) in [5.41, 5.74) is 0.730. The predicted octanol–water partition coefficient (Wildman–Crippen LogP) is 0.309. The van der Waals surface area contributed by atoms with E-state index in [2.05, 4.69) is 40.7 Å². The molecule has 0 saturated carbocycles. The molecule has 0 radical (unpaired) electrons. The van der Waals surface area contributed by atoms with Crippen molar-refractivity contribution in [2.24, 2.45) is 0 Å². The van der Waals surface area contributed by atoms with Gasteiger partial charge in [-0.3, -0.25) is 18.9 Å². The van der Waals surface area contributed by atoms with Gasteiger partial charge in [0.25, 0.3) is 11.9 Å². The highest BCUT2D eigenvalue weighted by Gasteiger charge is 2.20. The minimum atomic E-state index is -0.372. The molecule has 1 unspecified atom stereocenters. The zero-order valence-corrected chi connectivity index (χ0v) is 13.2. The third-order valence-electron chi connectivity index (χ3n) is 3.66. The highest BCUT2D eigenvalue weighted by atomic mass is 16.2. The quantitative estimate of drug-likeness (QED) is 0.535. The minimum Gasteiger partial charge on any atom is -0.341 e. The third-order valence-corrected chi connectivity index (χ3v) is 3.66. The Bertz CT molecular complexity index is 969. The summed E-state index contributed by atoms with van der Waals surface area (Å²) in [4.78, 5) is 25.2. The topological polar surface area (TPSA) is 132 Å². The number of carbonyl (C=O) groups excluding carboxylic acids is 1. The number of hydrogen-bond acceptors (Lipinski definition) is 7. The Morgan fingerprint density at radius 1 is 1.32 bits per heavy atom. The molecule has 0 aliphatic carbocycles. The number of nitrogens with one attached hydrogen (secondary N) is 2. The van der Waals surface area contributed by atoms with Crippen LogP contribution in [0, 0.1) is 0 Å². The molecular formula is C14H14N10O. The van der Waals surface area contributed by atoms with Crippen LogP contribution in [-0.2, 0) is 0 Å². The molecule has 4 aromatic rings. The lowest BCUT2D eigenvalue weighted by Gasteiger charge is -2.13. The molecular weight excluding hydrogens is 324 g/mol. The fraction of sp³-hybridized carbons (Fsp3) is 0.214. The van der Waals surface area contributed by atoms with Gasteiger partial charge in [-0.05, 0) is 12.5 Å². The Morgan fingerprint density at radius 2 is 2.16 bits per heavy atom. The average molecular weight is 338 g/mol. The molecule has 0 spiro atoms. The largest absolute Gasteiger partial charge is 0.341 e. The van der Waals surface area contributed by atoms with E-state index in [1.807, 2.05) is 29.8 Å². The maximum Gasteiger partial charge on any atom is 0.289 e. The van der Waals surface area contributed by atoms with E-state index in [0.717, 1.165) is 5.69 Å². The first-order chi connectivity index (χ1) is 12.2. The summed E-state index contributed by atoms with van der Waals surface area (Å²) in [5.74, 6) is 0.604. The molecule has 4 aromatic heterocycles. The summed E-state index contributed by atoms with van der Waals surface area (Å²) in [5, 5.41) is 16.8. The molecule has 0 aromatic carbocycles. The van der Waals surface area contributed by atoms with E-state index in [1.165, 1.54) is 17.2 Å². The molecule has 25 heavy (non-hydrogen) atoms. The average Bonchev–Trinajstić information content (AvgIpc) is 3.38. The number of carbonyl (C=O) groups is 1. The molecule has 2 N–H and O–H groups in total. The molecule has 126 valence electrons. The number of hydrogen-bond donors (Lipinski definition) is 2. The molecule has 0 bridgehead atoms. The Kier molecular flexibility index (Phi) is 3.65. The summed E-state index contributed by atoms with van der Waals surface area (Å²) < 4.78 is 3.31. The van der Waals surface area contributed by atoms with Gasteiger partial charge in [0.05, 0.1) is 11.7 Å². The Balaban J connectivity index is 1.54. The first kappa shape index (κ1) is 14.9. The van der Waals surface area contributed by atoms with Gasteiger partial charge in [-0.25, -0.2) is 9.97 Å². The van der Waals surface area contributed by atoms with Crippen LogP contribution >= 0.6 is 0 Å². The predicted molar refractivity (Wildman–Crippen MR) is 84.8 cm³/mol. The smallest absolute Gasteiger partial charge is 0.289 e. The van der Waals surface area contributed by atoms with Gasteiger partial charge in [0.1, 0.15) is 12.7 Å². The monoisotopic (exact) mass is 338 g/mol. The van der Waals surface area contributed by atoms with Gasteiger partial charge in [-0.1, -0.05) is 6.92 Å². The fourth-order valence-electron chi connectivity index (χ4n) is 2.40. The number of rotatable bonds is 5. The van der Waals surface area contributed by atoms with Crippen LogP contribution in [0.1, 0.15) is 35.7 Å². The number of amides is 1. The van der Waals surface area contributed by atoms with Crippen molar-refractivity contribution < 1.29 is 4.79 Å². The number of H-pyrrole nitrogens is 1. The third kappa shape index (κ3) is 2.82. The number of fused-ring (bicyclic) bond motifs is 1. The standard InChI is InChI=1S/C14H14N10O/c1-2-9(10-6-23-5-3-4-15-13(23)19-10)18-12(25)11-20-14(22-21-11)24-7-16-17-8-24/h3-9H,2H2,1H3,(H,18,25)(H,20,21,22). The van der Waals surface area contributed by atoms with Crippen molar-refractivity contribution in [3.63, 3.8) is 0 Å². The van der Waals surface area contributed by atoms with Crippen molar-refractivity contribution in [2.75, 3.05) is 0 Å². The highest BCUT2D eigenvalue weighted by molar-refractivity contribution is 5.90. The molecule has 4 heterocycles. The van der Waals surface area contributed by atoms with E-state index < -0.39 is 0 Å². The molecule has 0 fully saturated rings. The second-order valence-electron chi connectivity index (χ2n) is 5.28. The summed E-state index contributed by atoms with van der Waals surface area (Å²) >= 11 is 0. The Hall–Kier alpha value is -3.63. The van der Waals surface area contributed by atoms with Crippen molar-refractivity contribution in [3.05, 3.63) is 48.8 Å². The van der Waals surface area contributed by atoms with E-state index in [1.54, 1.807) is 6.20 Å². The fourth-order valence-corrected chi connectivity index (χ4v) is 2.40. The summed E-state index contributed by atoms with van der Waals surface area (Å²) in [6.45, 7) is 1.96. The van der Waals surface area contributed by atoms with Gasteiger partial charge in [0.15, 0.2) is 0 Å². The maximum atomic E-state index is 12.4. The summed E-state index contributed by atoms with van der Waals surface area (Å²) in [6, 6.07) is 1.55. The lowest BCUT2D eigenvalue weighted by molar-refractivity contribution is 0.0924. The van der Waals surface area contributed by atoms with Gasteiger partial charge in [0, 0.05) is 18.6 Å². The van der Waals surface area contributed by atoms with Gasteiger partial charge in [-0.15, -0.1) is 15.3 Å². The SMILES string of the molecule is CCC(NC(=O)c1nc(-n2cnnc2)n[nH]1)c1cn2cccnc2n1. The van der Waals surface area contributed by atoms with Crippen LogP contribution in [0.25, 0.3) is 11.7 Å². The van der Waals surface area contributed by atoms with Crippen LogP contribution in [0.2, 0.25) is 0 Å². The van der Waals surface area contributed by atoms with Crippen molar-refractivity contribution in [3.8, 4) is 5.95 Å². The lowest BCUT2D eigenvalue weighted by Crippen LogP contribution is -2.29. The van der Waals surface area contributed by atoms with Crippen LogP contribution in [-0.4, -0.2) is 50.2 Å². The highest BCUT2D eigenvalue weighted by Crippen LogP contribution is 2.16. The second kappa shape index (κ2) is 6.11. The molecule has 1 amide bonds. The van der Waals surface area contributed by atoms with Crippen LogP contribution in [0.4, 0.5) is 0 Å². The number of nitrogens with zero attached hydrogens (tertiary/aromatic N) is 8. The summed E-state index contributed by atoms with van der Waals surface area (Å²) in [6.07, 6.45) is 8.94. The number of imidazole rings is 1. The zero-order valence-electron chi connectivity index (χ0n) is 13.2. The van der Waals surface area contributed by atoms with Crippen LogP contribution in [0.15, 0.2) is 37.3 Å². The van der Waals surface area contributed by atoms with Gasteiger partial charge in [0.2, 0.25) is 11.6 Å². The first-order valence-corrected chi connectivity index (χ1v) is 7.62. The molecule has 0 aliphatic rings. The molecule has 0 saturated heterocycles. The van der Waals surface area contributed by atoms with Gasteiger partial charge >= 0.3 is 0 Å². The van der Waals surface area contributed by atoms with E-state index in [-0.39, 0.29) is 17.8 Å². The maximum absolute atomic E-state index is 12.4. The molecule has 0 aliphatic heterocycles. The minimum absolute atomic E-state index is 0.101. The normalized spacial score (nSPS) is 12.4.